The van der Waals surface area contributed by atoms with Crippen LogP contribution in [0, 0.1) is 13.8 Å². The molecule has 0 unspecified atom stereocenters. The largest absolute Gasteiger partial charge is 0.489 e. The van der Waals surface area contributed by atoms with Crippen LogP contribution in [0.1, 0.15) is 22.3 Å². The topological polar surface area (TPSA) is 59.9 Å². The van der Waals surface area contributed by atoms with Gasteiger partial charge >= 0.3 is 0 Å². The van der Waals surface area contributed by atoms with E-state index in [0.717, 1.165) is 22.4 Å². The molecule has 0 heterocycles. The molecule has 0 fully saturated rings. The zero-order valence-corrected chi connectivity index (χ0v) is 16.6. The maximum atomic E-state index is 11.8. The van der Waals surface area contributed by atoms with Crippen LogP contribution < -0.4 is 14.9 Å². The minimum atomic E-state index is -0.319. The summed E-state index contributed by atoms with van der Waals surface area (Å²) in [6, 6.07) is 23.3. The van der Waals surface area contributed by atoms with Gasteiger partial charge in [-0.2, -0.15) is 5.10 Å². The van der Waals surface area contributed by atoms with Gasteiger partial charge in [-0.1, -0.05) is 42.0 Å². The summed E-state index contributed by atoms with van der Waals surface area (Å²) < 4.78 is 11.2. The molecule has 0 spiro atoms. The zero-order valence-electron chi connectivity index (χ0n) is 16.6. The Morgan fingerprint density at radius 2 is 1.66 bits per heavy atom. The van der Waals surface area contributed by atoms with E-state index < -0.39 is 0 Å². The third-order valence-corrected chi connectivity index (χ3v) is 4.17. The van der Waals surface area contributed by atoms with E-state index in [0.29, 0.717) is 12.4 Å². The Balaban J connectivity index is 1.42. The molecule has 148 valence electrons. The molecule has 5 heteroatoms. The first-order chi connectivity index (χ1) is 14.1. The Labute approximate surface area is 171 Å². The smallest absolute Gasteiger partial charge is 0.277 e. The number of benzene rings is 3. The summed E-state index contributed by atoms with van der Waals surface area (Å²) >= 11 is 0. The Kier molecular flexibility index (Phi) is 7.00. The molecule has 0 saturated carbocycles. The second-order valence-corrected chi connectivity index (χ2v) is 6.74. The molecule has 1 N–H and O–H groups in total. The number of ether oxygens (including phenoxy) is 2. The van der Waals surface area contributed by atoms with Gasteiger partial charge in [0.1, 0.15) is 18.1 Å². The normalized spacial score (nSPS) is 10.7. The molecular weight excluding hydrogens is 364 g/mol. The number of rotatable bonds is 8. The highest BCUT2D eigenvalue weighted by Crippen LogP contribution is 2.14. The van der Waals surface area contributed by atoms with Crippen molar-refractivity contribution in [2.24, 2.45) is 5.10 Å². The molecule has 0 aliphatic carbocycles. The van der Waals surface area contributed by atoms with Crippen molar-refractivity contribution in [1.29, 1.82) is 0 Å². The van der Waals surface area contributed by atoms with Crippen molar-refractivity contribution < 1.29 is 14.3 Å². The number of nitrogens with one attached hydrogen (secondary N) is 1. The van der Waals surface area contributed by atoms with Crippen molar-refractivity contribution in [3.05, 3.63) is 95.1 Å². The third kappa shape index (κ3) is 6.81. The molecule has 0 saturated heterocycles. The van der Waals surface area contributed by atoms with Crippen molar-refractivity contribution in [2.45, 2.75) is 20.5 Å². The number of aryl methyl sites for hydroxylation is 2. The first-order valence-corrected chi connectivity index (χ1v) is 9.38. The summed E-state index contributed by atoms with van der Waals surface area (Å²) in [7, 11) is 0. The number of carbonyl (C=O) groups is 1. The lowest BCUT2D eigenvalue weighted by Crippen LogP contribution is -2.24. The third-order valence-electron chi connectivity index (χ3n) is 4.17. The van der Waals surface area contributed by atoms with Crippen LogP contribution in [-0.2, 0) is 11.4 Å². The lowest BCUT2D eigenvalue weighted by molar-refractivity contribution is -0.123. The first kappa shape index (κ1) is 20.1. The fraction of sp³-hybridized carbons (Fsp3) is 0.167. The summed E-state index contributed by atoms with van der Waals surface area (Å²) in [5.74, 6) is 1.12. The Morgan fingerprint density at radius 1 is 0.897 bits per heavy atom. The molecular formula is C24H24N2O3. The molecule has 0 aliphatic heterocycles. The Morgan fingerprint density at radius 3 is 2.38 bits per heavy atom. The molecule has 0 aromatic heterocycles. The van der Waals surface area contributed by atoms with Gasteiger partial charge < -0.3 is 9.47 Å². The van der Waals surface area contributed by atoms with Gasteiger partial charge in [-0.05, 0) is 66.9 Å². The van der Waals surface area contributed by atoms with Crippen LogP contribution in [0.15, 0.2) is 77.9 Å². The van der Waals surface area contributed by atoms with Crippen molar-refractivity contribution in [1.82, 2.24) is 5.43 Å². The van der Waals surface area contributed by atoms with E-state index in [1.54, 1.807) is 6.21 Å². The quantitative estimate of drug-likeness (QED) is 0.459. The minimum absolute atomic E-state index is 0.0907. The average molecular weight is 388 g/mol. The second-order valence-electron chi connectivity index (χ2n) is 6.74. The number of hydrazone groups is 1. The van der Waals surface area contributed by atoms with E-state index in [2.05, 4.69) is 41.7 Å². The van der Waals surface area contributed by atoms with Gasteiger partial charge in [0.2, 0.25) is 0 Å². The van der Waals surface area contributed by atoms with Crippen molar-refractivity contribution >= 4 is 12.1 Å². The molecule has 1 amide bonds. The number of nitrogens with zero attached hydrogens (tertiary/aromatic N) is 1. The van der Waals surface area contributed by atoms with Gasteiger partial charge in [0.15, 0.2) is 6.61 Å². The van der Waals surface area contributed by atoms with E-state index in [4.69, 9.17) is 9.47 Å². The van der Waals surface area contributed by atoms with E-state index >= 15 is 0 Å². The zero-order chi connectivity index (χ0) is 20.5. The fourth-order valence-electron chi connectivity index (χ4n) is 2.57. The Bertz CT molecular complexity index is 964. The summed E-state index contributed by atoms with van der Waals surface area (Å²) in [4.78, 5) is 11.8. The monoisotopic (exact) mass is 388 g/mol. The molecule has 0 bridgehead atoms. The molecule has 29 heavy (non-hydrogen) atoms. The highest BCUT2D eigenvalue weighted by Gasteiger charge is 2.01. The first-order valence-electron chi connectivity index (χ1n) is 9.38. The maximum Gasteiger partial charge on any atom is 0.277 e. The molecule has 0 radical (unpaired) electrons. The lowest BCUT2D eigenvalue weighted by atomic mass is 10.2. The van der Waals surface area contributed by atoms with Crippen molar-refractivity contribution in [2.75, 3.05) is 6.61 Å². The maximum absolute atomic E-state index is 11.8. The molecule has 3 aromatic carbocycles. The van der Waals surface area contributed by atoms with E-state index in [9.17, 15) is 4.79 Å². The summed E-state index contributed by atoms with van der Waals surface area (Å²) in [5.41, 5.74) is 6.74. The number of hydrogen-bond donors (Lipinski definition) is 1. The van der Waals surface area contributed by atoms with Crippen LogP contribution >= 0.6 is 0 Å². The summed E-state index contributed by atoms with van der Waals surface area (Å²) in [6.07, 6.45) is 1.58. The van der Waals surface area contributed by atoms with E-state index in [1.165, 1.54) is 5.56 Å². The van der Waals surface area contributed by atoms with E-state index in [-0.39, 0.29) is 12.5 Å². The molecule has 0 aliphatic rings. The predicted molar refractivity (Wildman–Crippen MR) is 114 cm³/mol. The van der Waals surface area contributed by atoms with Crippen molar-refractivity contribution in [3.63, 3.8) is 0 Å². The molecule has 0 atom stereocenters. The summed E-state index contributed by atoms with van der Waals surface area (Å²) in [6.45, 7) is 4.46. The minimum Gasteiger partial charge on any atom is -0.489 e. The number of amides is 1. The number of hydrogen-bond acceptors (Lipinski definition) is 4. The standard InChI is InChI=1S/C24H24N2O3/c1-18-6-8-21(9-7-18)16-28-22-12-10-20(11-13-22)15-25-26-24(27)17-29-23-5-3-4-19(2)14-23/h3-15H,16-17H2,1-2H3,(H,26,27)/b25-15+. The van der Waals surface area contributed by atoms with Crippen LogP contribution in [-0.4, -0.2) is 18.7 Å². The van der Waals surface area contributed by atoms with Gasteiger partial charge in [-0.3, -0.25) is 4.79 Å². The highest BCUT2D eigenvalue weighted by molar-refractivity contribution is 5.83. The molecule has 5 nitrogen and oxygen atoms in total. The molecule has 3 rings (SSSR count). The highest BCUT2D eigenvalue weighted by atomic mass is 16.5. The van der Waals surface area contributed by atoms with Gasteiger partial charge in [0, 0.05) is 0 Å². The van der Waals surface area contributed by atoms with Crippen molar-refractivity contribution in [3.8, 4) is 11.5 Å². The number of carbonyl (C=O) groups excluding carboxylic acids is 1. The van der Waals surface area contributed by atoms with E-state index in [1.807, 2.05) is 55.5 Å². The van der Waals surface area contributed by atoms with Gasteiger partial charge in [-0.25, -0.2) is 5.43 Å². The van der Waals surface area contributed by atoms with Crippen LogP contribution in [0.2, 0.25) is 0 Å². The van der Waals surface area contributed by atoms with Gasteiger partial charge in [0.25, 0.3) is 5.91 Å². The van der Waals surface area contributed by atoms with Crippen LogP contribution in [0.5, 0.6) is 11.5 Å². The van der Waals surface area contributed by atoms with Crippen LogP contribution in [0.4, 0.5) is 0 Å². The molecule has 3 aromatic rings. The second kappa shape index (κ2) is 10.1. The van der Waals surface area contributed by atoms with Gasteiger partial charge in [0.05, 0.1) is 6.21 Å². The SMILES string of the molecule is Cc1ccc(COc2ccc(/C=N/NC(=O)COc3cccc(C)c3)cc2)cc1. The Hall–Kier alpha value is -3.60. The summed E-state index contributed by atoms with van der Waals surface area (Å²) in [5, 5.41) is 3.96. The average Bonchev–Trinajstić information content (AvgIpc) is 2.73. The van der Waals surface area contributed by atoms with Crippen LogP contribution in [0.25, 0.3) is 0 Å². The fourth-order valence-corrected chi connectivity index (χ4v) is 2.57. The predicted octanol–water partition coefficient (Wildman–Crippen LogP) is 4.41. The van der Waals surface area contributed by atoms with Crippen LogP contribution in [0.3, 0.4) is 0 Å². The van der Waals surface area contributed by atoms with Gasteiger partial charge in [-0.15, -0.1) is 0 Å². The lowest BCUT2D eigenvalue weighted by Gasteiger charge is -2.07.